The van der Waals surface area contributed by atoms with Gasteiger partial charge in [0, 0.05) is 0 Å². The zero-order chi connectivity index (χ0) is 15.0. The van der Waals surface area contributed by atoms with Crippen molar-refractivity contribution >= 4 is 11.3 Å². The molecule has 0 N–H and O–H groups in total. The van der Waals surface area contributed by atoms with Crippen LogP contribution in [-0.2, 0) is 12.4 Å². The van der Waals surface area contributed by atoms with Crippen molar-refractivity contribution in [3.05, 3.63) is 41.0 Å². The van der Waals surface area contributed by atoms with E-state index in [9.17, 15) is 26.3 Å². The van der Waals surface area contributed by atoms with Gasteiger partial charge in [0.2, 0.25) is 5.06 Å². The van der Waals surface area contributed by atoms with Crippen LogP contribution in [0.5, 0.6) is 10.8 Å². The van der Waals surface area contributed by atoms with Crippen LogP contribution in [0.2, 0.25) is 0 Å². The van der Waals surface area contributed by atoms with Crippen LogP contribution in [0.4, 0.5) is 26.3 Å². The molecule has 2 nitrogen and oxygen atoms in total. The summed E-state index contributed by atoms with van der Waals surface area (Å²) in [6.07, 6.45) is -9.04. The van der Waals surface area contributed by atoms with E-state index in [0.717, 1.165) is 17.4 Å². The highest BCUT2D eigenvalue weighted by atomic mass is 32.1. The summed E-state index contributed by atoms with van der Waals surface area (Å²) in [6.45, 7) is 0. The molecular weight excluding hydrogens is 308 g/mol. The van der Waals surface area contributed by atoms with E-state index in [4.69, 9.17) is 4.74 Å². The molecule has 20 heavy (non-hydrogen) atoms. The molecule has 0 saturated heterocycles. The Hall–Kier alpha value is -1.77. The second-order valence-corrected chi connectivity index (χ2v) is 4.36. The van der Waals surface area contributed by atoms with Gasteiger partial charge >= 0.3 is 12.4 Å². The fourth-order valence-corrected chi connectivity index (χ4v) is 1.85. The van der Waals surface area contributed by atoms with Gasteiger partial charge in [0.25, 0.3) is 0 Å². The maximum atomic E-state index is 12.7. The number of halogens is 6. The van der Waals surface area contributed by atoms with E-state index in [0.29, 0.717) is 12.1 Å². The lowest BCUT2D eigenvalue weighted by molar-refractivity contribution is -0.162. The fraction of sp³-hybridized carbons (Fsp3) is 0.182. The Morgan fingerprint density at radius 1 is 1.00 bits per heavy atom. The first-order valence-electron chi connectivity index (χ1n) is 4.96. The largest absolute Gasteiger partial charge is 0.445 e. The first kappa shape index (κ1) is 14.6. The van der Waals surface area contributed by atoms with Crippen LogP contribution in [0.3, 0.4) is 0 Å². The minimum Gasteiger partial charge on any atom is -0.445 e. The zero-order valence-electron chi connectivity index (χ0n) is 9.34. The third-order valence-electron chi connectivity index (χ3n) is 2.19. The van der Waals surface area contributed by atoms with Gasteiger partial charge in [-0.15, -0.1) is 0 Å². The number of ether oxygens (including phenoxy) is 1. The fourth-order valence-electron chi connectivity index (χ4n) is 1.41. The van der Waals surface area contributed by atoms with Gasteiger partial charge in [-0.1, -0.05) is 11.3 Å². The number of hydrogen-bond donors (Lipinski definition) is 0. The standard InChI is InChI=1S/C11H4F6NOS/c12-10(13,14)7-2-1-6(3-8(7)11(15,16)17)19-9-4-18-5-20-9/h1-4H. The number of alkyl halides is 6. The molecule has 0 bridgehead atoms. The lowest BCUT2D eigenvalue weighted by atomic mass is 10.1. The van der Waals surface area contributed by atoms with Crippen molar-refractivity contribution in [1.29, 1.82) is 0 Å². The van der Waals surface area contributed by atoms with Gasteiger partial charge in [0.05, 0.1) is 17.3 Å². The van der Waals surface area contributed by atoms with E-state index in [1.807, 2.05) is 0 Å². The molecule has 0 atom stereocenters. The Labute approximate surface area is 112 Å². The molecule has 1 aromatic carbocycles. The topological polar surface area (TPSA) is 22.1 Å². The number of nitrogens with zero attached hydrogens (tertiary/aromatic N) is 1. The van der Waals surface area contributed by atoms with Gasteiger partial charge in [0.15, 0.2) is 5.51 Å². The molecule has 0 amide bonds. The summed E-state index contributed by atoms with van der Waals surface area (Å²) >= 11 is 0.879. The van der Waals surface area contributed by atoms with Crippen molar-refractivity contribution in [3.8, 4) is 10.8 Å². The third kappa shape index (κ3) is 3.21. The summed E-state index contributed by atoms with van der Waals surface area (Å²) in [5, 5.41) is 0.123. The first-order chi connectivity index (χ1) is 9.18. The zero-order valence-corrected chi connectivity index (χ0v) is 10.2. The Morgan fingerprint density at radius 2 is 1.65 bits per heavy atom. The number of thiazole rings is 1. The molecule has 0 unspecified atom stereocenters. The highest BCUT2D eigenvalue weighted by Crippen LogP contribution is 2.42. The average molecular weight is 312 g/mol. The molecule has 2 aromatic rings. The van der Waals surface area contributed by atoms with E-state index in [1.54, 1.807) is 0 Å². The minimum absolute atomic E-state index is 0.123. The predicted octanol–water partition coefficient (Wildman–Crippen LogP) is 4.77. The van der Waals surface area contributed by atoms with Crippen LogP contribution >= 0.6 is 11.3 Å². The Morgan fingerprint density at radius 3 is 2.15 bits per heavy atom. The van der Waals surface area contributed by atoms with E-state index < -0.39 is 23.5 Å². The van der Waals surface area contributed by atoms with E-state index >= 15 is 0 Å². The molecule has 0 aliphatic rings. The van der Waals surface area contributed by atoms with Crippen molar-refractivity contribution in [2.75, 3.05) is 0 Å². The summed E-state index contributed by atoms with van der Waals surface area (Å²) in [5.41, 5.74) is -1.16. The molecule has 0 saturated carbocycles. The van der Waals surface area contributed by atoms with Crippen LogP contribution < -0.4 is 4.74 Å². The molecule has 107 valence electrons. The van der Waals surface area contributed by atoms with Crippen molar-refractivity contribution < 1.29 is 31.1 Å². The molecule has 0 fully saturated rings. The molecule has 9 heteroatoms. The van der Waals surface area contributed by atoms with Gasteiger partial charge in [0.1, 0.15) is 5.75 Å². The van der Waals surface area contributed by atoms with Crippen molar-refractivity contribution in [1.82, 2.24) is 4.98 Å². The van der Waals surface area contributed by atoms with Crippen LogP contribution in [0, 0.1) is 5.51 Å². The number of rotatable bonds is 2. The lowest BCUT2D eigenvalue weighted by Gasteiger charge is -2.16. The summed E-state index contributed by atoms with van der Waals surface area (Å²) in [7, 11) is 0. The molecule has 0 aliphatic carbocycles. The van der Waals surface area contributed by atoms with Gasteiger partial charge in [-0.3, -0.25) is 0 Å². The van der Waals surface area contributed by atoms with E-state index in [-0.39, 0.29) is 10.8 Å². The van der Waals surface area contributed by atoms with Crippen molar-refractivity contribution in [3.63, 3.8) is 0 Å². The molecule has 1 heterocycles. The predicted molar refractivity (Wildman–Crippen MR) is 57.5 cm³/mol. The monoisotopic (exact) mass is 312 g/mol. The maximum absolute atomic E-state index is 12.7. The molecule has 2 rings (SSSR count). The van der Waals surface area contributed by atoms with Crippen LogP contribution in [0.15, 0.2) is 24.4 Å². The number of benzene rings is 1. The summed E-state index contributed by atoms with van der Waals surface area (Å²) in [4.78, 5) is 3.51. The molecule has 1 aromatic heterocycles. The molecular formula is C11H4F6NOS. The van der Waals surface area contributed by atoms with E-state index in [1.165, 1.54) is 6.20 Å². The van der Waals surface area contributed by atoms with Crippen molar-refractivity contribution in [2.45, 2.75) is 12.4 Å². The van der Waals surface area contributed by atoms with Crippen molar-refractivity contribution in [2.24, 2.45) is 0 Å². The summed E-state index contributed by atoms with van der Waals surface area (Å²) < 4.78 is 80.6. The lowest BCUT2D eigenvalue weighted by Crippen LogP contribution is -2.16. The second kappa shape index (κ2) is 4.97. The highest BCUT2D eigenvalue weighted by Gasteiger charge is 2.43. The van der Waals surface area contributed by atoms with Gasteiger partial charge in [-0.2, -0.15) is 26.3 Å². The molecule has 1 radical (unpaired) electrons. The highest BCUT2D eigenvalue weighted by molar-refractivity contribution is 7.11. The Kier molecular flexibility index (Phi) is 3.63. The molecule has 0 spiro atoms. The first-order valence-corrected chi connectivity index (χ1v) is 5.78. The van der Waals surface area contributed by atoms with E-state index in [2.05, 4.69) is 10.5 Å². The van der Waals surface area contributed by atoms with Crippen LogP contribution in [0.1, 0.15) is 11.1 Å². The number of aromatic nitrogens is 1. The second-order valence-electron chi connectivity index (χ2n) is 3.58. The van der Waals surface area contributed by atoms with Gasteiger partial charge in [-0.25, -0.2) is 4.98 Å². The van der Waals surface area contributed by atoms with Crippen LogP contribution in [0.25, 0.3) is 0 Å². The van der Waals surface area contributed by atoms with Gasteiger partial charge < -0.3 is 4.74 Å². The molecule has 0 aliphatic heterocycles. The van der Waals surface area contributed by atoms with Gasteiger partial charge in [-0.05, 0) is 18.2 Å². The maximum Gasteiger partial charge on any atom is 0.417 e. The third-order valence-corrected chi connectivity index (χ3v) is 2.78. The Bertz CT molecular complexity index is 590. The number of hydrogen-bond acceptors (Lipinski definition) is 3. The minimum atomic E-state index is -5.13. The Balaban J connectivity index is 2.44. The normalized spacial score (nSPS) is 12.5. The SMILES string of the molecule is FC(F)(F)c1ccc(Oc2cn[c]s2)cc1C(F)(F)F. The summed E-state index contributed by atoms with van der Waals surface area (Å²) in [6, 6.07) is 1.46. The summed E-state index contributed by atoms with van der Waals surface area (Å²) in [5.74, 6) is -0.358. The quantitative estimate of drug-likeness (QED) is 0.745. The smallest absolute Gasteiger partial charge is 0.417 e. The average Bonchev–Trinajstić information content (AvgIpc) is 2.79. The van der Waals surface area contributed by atoms with Crippen LogP contribution in [-0.4, -0.2) is 4.98 Å².